The zero-order valence-electron chi connectivity index (χ0n) is 7.83. The lowest BCUT2D eigenvalue weighted by molar-refractivity contribution is 0.568. The number of thioether (sulfide) groups is 1. The van der Waals surface area contributed by atoms with Crippen molar-refractivity contribution in [1.29, 1.82) is 0 Å². The standard InChI is InChI=1S/C11H12OS/c1-9-5-6-10(4-3-7-12)8-11(9)13-2/h3,5-6,8H,4H2,1-2H3. The molecule has 0 aromatic heterocycles. The number of allylic oxidation sites excluding steroid dienone is 1. The highest BCUT2D eigenvalue weighted by molar-refractivity contribution is 7.98. The van der Waals surface area contributed by atoms with Crippen LogP contribution in [0.1, 0.15) is 11.1 Å². The van der Waals surface area contributed by atoms with Crippen molar-refractivity contribution in [3.05, 3.63) is 35.4 Å². The summed E-state index contributed by atoms with van der Waals surface area (Å²) in [7, 11) is 0. The van der Waals surface area contributed by atoms with E-state index in [4.69, 9.17) is 0 Å². The molecule has 0 aliphatic carbocycles. The molecule has 0 heterocycles. The minimum absolute atomic E-state index is 0.678. The quantitative estimate of drug-likeness (QED) is 0.541. The maximum absolute atomic E-state index is 10.0. The van der Waals surface area contributed by atoms with Gasteiger partial charge in [-0.1, -0.05) is 12.1 Å². The molecule has 0 aliphatic heterocycles. The molecule has 0 radical (unpaired) electrons. The van der Waals surface area contributed by atoms with Gasteiger partial charge < -0.3 is 0 Å². The summed E-state index contributed by atoms with van der Waals surface area (Å²) in [6.07, 6.45) is 4.24. The molecule has 0 fully saturated rings. The fourth-order valence-corrected chi connectivity index (χ4v) is 1.81. The molecule has 1 nitrogen and oxygen atoms in total. The van der Waals surface area contributed by atoms with E-state index in [0.29, 0.717) is 6.42 Å². The molecule has 0 amide bonds. The highest BCUT2D eigenvalue weighted by atomic mass is 32.2. The third-order valence-electron chi connectivity index (χ3n) is 1.89. The van der Waals surface area contributed by atoms with E-state index in [-0.39, 0.29) is 0 Å². The summed E-state index contributed by atoms with van der Waals surface area (Å²) in [5.41, 5.74) is 2.45. The SMILES string of the molecule is CSc1cc(CC=C=O)ccc1C. The second kappa shape index (κ2) is 4.90. The first-order chi connectivity index (χ1) is 6.27. The third kappa shape index (κ3) is 2.76. The summed E-state index contributed by atoms with van der Waals surface area (Å²) in [5.74, 6) is 1.79. The van der Waals surface area contributed by atoms with Gasteiger partial charge in [-0.15, -0.1) is 11.8 Å². The maximum Gasteiger partial charge on any atom is 0.120 e. The lowest BCUT2D eigenvalue weighted by atomic mass is 10.1. The summed E-state index contributed by atoms with van der Waals surface area (Å²) >= 11 is 1.73. The smallest absolute Gasteiger partial charge is 0.120 e. The van der Waals surface area contributed by atoms with Gasteiger partial charge in [0, 0.05) is 17.4 Å². The first-order valence-electron chi connectivity index (χ1n) is 4.11. The van der Waals surface area contributed by atoms with Crippen molar-refractivity contribution in [3.63, 3.8) is 0 Å². The van der Waals surface area contributed by atoms with E-state index in [1.165, 1.54) is 22.1 Å². The topological polar surface area (TPSA) is 17.1 Å². The number of benzene rings is 1. The second-order valence-electron chi connectivity index (χ2n) is 2.83. The van der Waals surface area contributed by atoms with Crippen molar-refractivity contribution in [2.75, 3.05) is 6.26 Å². The van der Waals surface area contributed by atoms with Crippen LogP contribution in [0.25, 0.3) is 0 Å². The van der Waals surface area contributed by atoms with Crippen LogP contribution in [0, 0.1) is 6.92 Å². The molecule has 0 N–H and O–H groups in total. The average molecular weight is 192 g/mol. The molecule has 1 rings (SSSR count). The van der Waals surface area contributed by atoms with Crippen LogP contribution in [0.15, 0.2) is 29.2 Å². The van der Waals surface area contributed by atoms with E-state index in [1.54, 1.807) is 17.7 Å². The van der Waals surface area contributed by atoms with Crippen molar-refractivity contribution in [2.45, 2.75) is 18.2 Å². The molecule has 0 saturated carbocycles. The molecule has 0 atom stereocenters. The number of rotatable bonds is 3. The summed E-state index contributed by atoms with van der Waals surface area (Å²) in [6.45, 7) is 2.09. The number of hydrogen-bond acceptors (Lipinski definition) is 2. The van der Waals surface area contributed by atoms with Crippen LogP contribution in [0.3, 0.4) is 0 Å². The molecule has 0 spiro atoms. The Labute approximate surface area is 82.9 Å². The predicted molar refractivity (Wildman–Crippen MR) is 56.9 cm³/mol. The van der Waals surface area contributed by atoms with E-state index >= 15 is 0 Å². The molecular formula is C11H12OS. The van der Waals surface area contributed by atoms with Gasteiger partial charge in [0.05, 0.1) is 0 Å². The van der Waals surface area contributed by atoms with Crippen molar-refractivity contribution in [2.24, 2.45) is 0 Å². The Morgan fingerprint density at radius 2 is 2.31 bits per heavy atom. The molecule has 0 bridgehead atoms. The van der Waals surface area contributed by atoms with E-state index in [1.807, 2.05) is 6.07 Å². The number of carbonyl (C=O) groups excluding carboxylic acids is 1. The van der Waals surface area contributed by atoms with Gasteiger partial charge in [0.1, 0.15) is 5.94 Å². The van der Waals surface area contributed by atoms with Gasteiger partial charge in [-0.05, 0) is 30.4 Å². The van der Waals surface area contributed by atoms with Crippen LogP contribution < -0.4 is 0 Å². The summed E-state index contributed by atoms with van der Waals surface area (Å²) in [6, 6.07) is 6.25. The van der Waals surface area contributed by atoms with Crippen molar-refractivity contribution >= 4 is 17.7 Å². The molecule has 13 heavy (non-hydrogen) atoms. The summed E-state index contributed by atoms with van der Waals surface area (Å²) in [4.78, 5) is 11.3. The van der Waals surface area contributed by atoms with Gasteiger partial charge in [0.2, 0.25) is 0 Å². The Bertz CT molecular complexity index is 338. The van der Waals surface area contributed by atoms with Crippen LogP contribution in [0.5, 0.6) is 0 Å². The Hall–Kier alpha value is -0.980. The van der Waals surface area contributed by atoms with Crippen LogP contribution in [-0.4, -0.2) is 12.2 Å². The summed E-state index contributed by atoms with van der Waals surface area (Å²) < 4.78 is 0. The molecule has 0 unspecified atom stereocenters. The highest BCUT2D eigenvalue weighted by Gasteiger charge is 1.97. The molecule has 68 valence electrons. The zero-order valence-corrected chi connectivity index (χ0v) is 8.65. The molecule has 1 aromatic rings. The molecule has 2 heteroatoms. The Morgan fingerprint density at radius 3 is 2.92 bits per heavy atom. The van der Waals surface area contributed by atoms with E-state index in [0.717, 1.165) is 0 Å². The minimum Gasteiger partial charge on any atom is -0.234 e. The number of aryl methyl sites for hydroxylation is 1. The fraction of sp³-hybridized carbons (Fsp3) is 0.273. The maximum atomic E-state index is 10.0. The predicted octanol–water partition coefficient (Wildman–Crippen LogP) is 2.65. The van der Waals surface area contributed by atoms with E-state index in [9.17, 15) is 4.79 Å². The van der Waals surface area contributed by atoms with Gasteiger partial charge in [0.25, 0.3) is 0 Å². The van der Waals surface area contributed by atoms with Gasteiger partial charge >= 0.3 is 0 Å². The van der Waals surface area contributed by atoms with Crippen LogP contribution >= 0.6 is 11.8 Å². The molecule has 1 aromatic carbocycles. The number of hydrogen-bond donors (Lipinski definition) is 0. The van der Waals surface area contributed by atoms with Crippen molar-refractivity contribution in [3.8, 4) is 0 Å². The van der Waals surface area contributed by atoms with Gasteiger partial charge in [-0.2, -0.15) is 0 Å². The van der Waals surface area contributed by atoms with E-state index in [2.05, 4.69) is 25.3 Å². The molecule has 0 aliphatic rings. The van der Waals surface area contributed by atoms with Crippen molar-refractivity contribution < 1.29 is 4.79 Å². The largest absolute Gasteiger partial charge is 0.234 e. The highest BCUT2D eigenvalue weighted by Crippen LogP contribution is 2.21. The molecular weight excluding hydrogens is 180 g/mol. The van der Waals surface area contributed by atoms with Crippen LogP contribution in [0.4, 0.5) is 0 Å². The fourth-order valence-electron chi connectivity index (χ4n) is 1.15. The van der Waals surface area contributed by atoms with Gasteiger partial charge in [-0.25, -0.2) is 4.79 Å². The van der Waals surface area contributed by atoms with Crippen molar-refractivity contribution in [1.82, 2.24) is 0 Å². The Balaban J connectivity index is 2.92. The van der Waals surface area contributed by atoms with Crippen LogP contribution in [0.2, 0.25) is 0 Å². The Morgan fingerprint density at radius 1 is 1.54 bits per heavy atom. The van der Waals surface area contributed by atoms with Gasteiger partial charge in [0.15, 0.2) is 0 Å². The zero-order chi connectivity index (χ0) is 9.68. The summed E-state index contributed by atoms with van der Waals surface area (Å²) in [5, 5.41) is 0. The Kier molecular flexibility index (Phi) is 3.81. The van der Waals surface area contributed by atoms with Crippen LogP contribution in [-0.2, 0) is 11.2 Å². The second-order valence-corrected chi connectivity index (χ2v) is 3.68. The minimum atomic E-state index is 0.678. The third-order valence-corrected chi connectivity index (χ3v) is 2.77. The first-order valence-corrected chi connectivity index (χ1v) is 5.33. The van der Waals surface area contributed by atoms with E-state index < -0.39 is 0 Å². The normalized spacial score (nSPS) is 9.38. The monoisotopic (exact) mass is 192 g/mol. The lowest BCUT2D eigenvalue weighted by Crippen LogP contribution is -1.85. The lowest BCUT2D eigenvalue weighted by Gasteiger charge is -2.03. The molecule has 0 saturated heterocycles. The average Bonchev–Trinajstić information content (AvgIpc) is 2.16. The first kappa shape index (κ1) is 10.1. The van der Waals surface area contributed by atoms with Gasteiger partial charge in [-0.3, -0.25) is 0 Å².